The van der Waals surface area contributed by atoms with E-state index in [1.165, 1.54) is 69.0 Å². The normalized spacial score (nSPS) is 11.1. The third kappa shape index (κ3) is 4.65. The van der Waals surface area contributed by atoms with E-state index in [1.807, 2.05) is 12.4 Å². The lowest BCUT2D eigenvalue weighted by atomic mass is 9.97. The minimum Gasteiger partial charge on any atom is -0.508 e. The lowest BCUT2D eigenvalue weighted by Gasteiger charge is -2.08. The molecule has 0 spiro atoms. The number of aryl methyl sites for hydroxylation is 3. The number of aromatic amines is 1. The first-order chi connectivity index (χ1) is 16.0. The van der Waals surface area contributed by atoms with Crippen LogP contribution in [0.15, 0.2) is 60.9 Å². The number of hydrogen-bond acceptors (Lipinski definition) is 3. The van der Waals surface area contributed by atoms with E-state index in [0.717, 1.165) is 18.4 Å². The fourth-order valence-electron chi connectivity index (χ4n) is 4.61. The minimum absolute atomic E-state index is 0.125. The Morgan fingerprint density at radius 2 is 1.67 bits per heavy atom. The Kier molecular flexibility index (Phi) is 6.83. The van der Waals surface area contributed by atoms with Gasteiger partial charge >= 0.3 is 0 Å². The summed E-state index contributed by atoms with van der Waals surface area (Å²) in [5, 5.41) is 23.7. The van der Waals surface area contributed by atoms with Crippen molar-refractivity contribution in [3.05, 3.63) is 77.6 Å². The van der Waals surface area contributed by atoms with Gasteiger partial charge in [0.15, 0.2) is 0 Å². The van der Waals surface area contributed by atoms with Gasteiger partial charge in [0.1, 0.15) is 11.5 Å². The predicted octanol–water partition coefficient (Wildman–Crippen LogP) is 7.71. The fourth-order valence-corrected chi connectivity index (χ4v) is 4.61. The zero-order valence-corrected chi connectivity index (χ0v) is 19.7. The largest absolute Gasteiger partial charge is 0.508 e. The van der Waals surface area contributed by atoms with Crippen LogP contribution in [0.2, 0.25) is 0 Å². The number of aromatic nitrogens is 2. The van der Waals surface area contributed by atoms with Gasteiger partial charge in [0.25, 0.3) is 0 Å². The monoisotopic (exact) mass is 440 g/mol. The number of phenolic OH excluding ortho intramolecular Hbond substituents is 2. The predicted molar refractivity (Wildman–Crippen MR) is 138 cm³/mol. The minimum atomic E-state index is 0.125. The molecule has 0 aliphatic rings. The van der Waals surface area contributed by atoms with Crippen molar-refractivity contribution < 1.29 is 10.2 Å². The Balaban J connectivity index is 0.000000166. The highest BCUT2D eigenvalue weighted by atomic mass is 16.3. The molecule has 0 saturated carbocycles. The van der Waals surface area contributed by atoms with Gasteiger partial charge in [-0.25, -0.2) is 0 Å². The van der Waals surface area contributed by atoms with Crippen LogP contribution in [-0.2, 0) is 6.42 Å². The number of para-hydroxylation sites is 1. The highest BCUT2D eigenvalue weighted by Crippen LogP contribution is 2.35. The summed E-state index contributed by atoms with van der Waals surface area (Å²) < 4.78 is 0. The van der Waals surface area contributed by atoms with Crippen LogP contribution in [0.3, 0.4) is 0 Å². The van der Waals surface area contributed by atoms with Crippen LogP contribution in [0.5, 0.6) is 11.5 Å². The van der Waals surface area contributed by atoms with Crippen molar-refractivity contribution in [2.24, 2.45) is 0 Å². The van der Waals surface area contributed by atoms with E-state index >= 15 is 0 Å². The number of unbranched alkanes of at least 4 members (excludes halogenated alkanes) is 3. The number of pyridine rings is 1. The molecular weight excluding hydrogens is 408 g/mol. The molecule has 0 aliphatic carbocycles. The molecule has 0 atom stereocenters. The van der Waals surface area contributed by atoms with E-state index in [4.69, 9.17) is 5.11 Å². The van der Waals surface area contributed by atoms with Gasteiger partial charge < -0.3 is 15.2 Å². The first-order valence-electron chi connectivity index (χ1n) is 11.8. The highest BCUT2D eigenvalue weighted by Gasteiger charge is 2.13. The SMILES string of the molecule is CCCCCCc1ccc(O)cc1O.Cc1c2ccncc2c(C)c2c1[nH]c1ccccc12. The van der Waals surface area contributed by atoms with Crippen LogP contribution >= 0.6 is 0 Å². The first-order valence-corrected chi connectivity index (χ1v) is 11.8. The van der Waals surface area contributed by atoms with Gasteiger partial charge in [-0.3, -0.25) is 4.98 Å². The van der Waals surface area contributed by atoms with Gasteiger partial charge in [-0.1, -0.05) is 50.5 Å². The van der Waals surface area contributed by atoms with E-state index in [1.54, 1.807) is 12.1 Å². The van der Waals surface area contributed by atoms with Crippen LogP contribution in [0.1, 0.15) is 49.3 Å². The van der Waals surface area contributed by atoms with Crippen LogP contribution < -0.4 is 0 Å². The molecule has 5 rings (SSSR count). The molecule has 33 heavy (non-hydrogen) atoms. The summed E-state index contributed by atoms with van der Waals surface area (Å²) in [7, 11) is 0. The smallest absolute Gasteiger partial charge is 0.122 e. The Morgan fingerprint density at radius 1 is 0.848 bits per heavy atom. The summed E-state index contributed by atoms with van der Waals surface area (Å²) in [5.41, 5.74) is 5.98. The number of nitrogens with zero attached hydrogens (tertiary/aromatic N) is 1. The molecule has 2 heterocycles. The van der Waals surface area contributed by atoms with Gasteiger partial charge in [0.05, 0.1) is 5.52 Å². The second-order valence-electron chi connectivity index (χ2n) is 8.72. The quantitative estimate of drug-likeness (QED) is 0.245. The number of fused-ring (bicyclic) bond motifs is 4. The molecule has 2 aromatic heterocycles. The van der Waals surface area contributed by atoms with Crippen molar-refractivity contribution in [2.45, 2.75) is 52.9 Å². The molecule has 0 amide bonds. The number of H-pyrrole nitrogens is 1. The van der Waals surface area contributed by atoms with Gasteiger partial charge in [-0.15, -0.1) is 0 Å². The second-order valence-corrected chi connectivity index (χ2v) is 8.72. The number of hydrogen-bond donors (Lipinski definition) is 3. The molecule has 0 bridgehead atoms. The van der Waals surface area contributed by atoms with E-state index in [-0.39, 0.29) is 11.5 Å². The summed E-state index contributed by atoms with van der Waals surface area (Å²) >= 11 is 0. The van der Waals surface area contributed by atoms with E-state index < -0.39 is 0 Å². The molecule has 0 radical (unpaired) electrons. The summed E-state index contributed by atoms with van der Waals surface area (Å²) in [5.74, 6) is 0.335. The van der Waals surface area contributed by atoms with Crippen molar-refractivity contribution >= 4 is 32.6 Å². The maximum Gasteiger partial charge on any atom is 0.122 e. The fraction of sp³-hybridized carbons (Fsp3) is 0.276. The lowest BCUT2D eigenvalue weighted by molar-refractivity contribution is 0.445. The zero-order valence-electron chi connectivity index (χ0n) is 19.7. The van der Waals surface area contributed by atoms with Crippen LogP contribution in [0.25, 0.3) is 32.6 Å². The maximum atomic E-state index is 9.49. The lowest BCUT2D eigenvalue weighted by Crippen LogP contribution is -1.87. The molecule has 4 heteroatoms. The van der Waals surface area contributed by atoms with Crippen molar-refractivity contribution in [1.82, 2.24) is 9.97 Å². The Bertz CT molecular complexity index is 1400. The molecule has 170 valence electrons. The Morgan fingerprint density at radius 3 is 2.45 bits per heavy atom. The third-order valence-electron chi connectivity index (χ3n) is 6.45. The summed E-state index contributed by atoms with van der Waals surface area (Å²) in [4.78, 5) is 7.83. The standard InChI is InChI=1S/C17H14N2.C12H18O2/c1-10-14-9-18-8-7-12(14)11(2)17-16(10)13-5-3-4-6-15(13)19-17;1-2-3-4-5-6-10-7-8-11(13)9-12(10)14/h3-9,19H,1-2H3;7-9,13-14H,2-6H2,1H3. The molecule has 0 saturated heterocycles. The molecular formula is C29H32N2O2. The number of rotatable bonds is 5. The van der Waals surface area contributed by atoms with Crippen molar-refractivity contribution in [3.63, 3.8) is 0 Å². The number of aromatic hydroxyl groups is 2. The Labute approximate surface area is 194 Å². The molecule has 0 unspecified atom stereocenters. The summed E-state index contributed by atoms with van der Waals surface area (Å²) in [6, 6.07) is 15.4. The molecule has 0 aliphatic heterocycles. The summed E-state index contributed by atoms with van der Waals surface area (Å²) in [6.45, 7) is 6.55. The molecule has 5 aromatic rings. The molecule has 3 N–H and O–H groups in total. The number of benzene rings is 3. The van der Waals surface area contributed by atoms with E-state index in [0.29, 0.717) is 0 Å². The van der Waals surface area contributed by atoms with Gasteiger partial charge in [0, 0.05) is 40.1 Å². The average molecular weight is 441 g/mol. The molecule has 4 nitrogen and oxygen atoms in total. The molecule has 0 fully saturated rings. The van der Waals surface area contributed by atoms with Crippen molar-refractivity contribution in [2.75, 3.05) is 0 Å². The van der Waals surface area contributed by atoms with Gasteiger partial charge in [0.2, 0.25) is 0 Å². The first kappa shape index (κ1) is 22.7. The number of phenols is 2. The second kappa shape index (κ2) is 9.95. The topological polar surface area (TPSA) is 69.1 Å². The highest BCUT2D eigenvalue weighted by molar-refractivity contribution is 6.16. The molecule has 3 aromatic carbocycles. The van der Waals surface area contributed by atoms with Gasteiger partial charge in [-0.05, 0) is 67.0 Å². The number of nitrogens with one attached hydrogen (secondary N) is 1. The maximum absolute atomic E-state index is 9.49. The van der Waals surface area contributed by atoms with Gasteiger partial charge in [-0.2, -0.15) is 0 Å². The van der Waals surface area contributed by atoms with Crippen molar-refractivity contribution in [3.8, 4) is 11.5 Å². The third-order valence-corrected chi connectivity index (χ3v) is 6.45. The Hall–Kier alpha value is -3.53. The average Bonchev–Trinajstić information content (AvgIpc) is 3.22. The van der Waals surface area contributed by atoms with Crippen LogP contribution in [0.4, 0.5) is 0 Å². The van der Waals surface area contributed by atoms with Crippen molar-refractivity contribution in [1.29, 1.82) is 0 Å². The van der Waals surface area contributed by atoms with E-state index in [9.17, 15) is 5.11 Å². The van der Waals surface area contributed by atoms with Crippen LogP contribution in [-0.4, -0.2) is 20.2 Å². The summed E-state index contributed by atoms with van der Waals surface area (Å²) in [6.07, 6.45) is 9.51. The van der Waals surface area contributed by atoms with E-state index in [2.05, 4.69) is 61.1 Å². The zero-order chi connectivity index (χ0) is 23.4. The van der Waals surface area contributed by atoms with Crippen LogP contribution in [0, 0.1) is 13.8 Å².